The highest BCUT2D eigenvalue weighted by Gasteiger charge is 2.17. The lowest BCUT2D eigenvalue weighted by Gasteiger charge is -2.22. The van der Waals surface area contributed by atoms with Gasteiger partial charge in [-0.15, -0.1) is 0 Å². The standard InChI is InChI=1S/C11H18N4O/c1-15(8-10-3-2-6-16-10)9-4-5-13-11(7-9)14-12/h4-5,7,10H,2-3,6,8,12H2,1H3,(H,13,14). The van der Waals surface area contributed by atoms with E-state index >= 15 is 0 Å². The highest BCUT2D eigenvalue weighted by Crippen LogP contribution is 2.19. The molecule has 0 spiro atoms. The summed E-state index contributed by atoms with van der Waals surface area (Å²) in [6.07, 6.45) is 4.42. The monoisotopic (exact) mass is 222 g/mol. The number of hydrogen-bond acceptors (Lipinski definition) is 5. The first-order chi connectivity index (χ1) is 7.79. The molecular weight excluding hydrogens is 204 g/mol. The summed E-state index contributed by atoms with van der Waals surface area (Å²) < 4.78 is 5.60. The summed E-state index contributed by atoms with van der Waals surface area (Å²) in [5, 5.41) is 0. The molecule has 1 saturated heterocycles. The van der Waals surface area contributed by atoms with E-state index in [0.29, 0.717) is 11.9 Å². The van der Waals surface area contributed by atoms with Gasteiger partial charge < -0.3 is 15.1 Å². The molecule has 0 amide bonds. The van der Waals surface area contributed by atoms with Gasteiger partial charge in [-0.25, -0.2) is 10.8 Å². The number of anilines is 2. The minimum absolute atomic E-state index is 0.354. The van der Waals surface area contributed by atoms with Gasteiger partial charge in [0.25, 0.3) is 0 Å². The van der Waals surface area contributed by atoms with E-state index in [1.807, 2.05) is 12.1 Å². The van der Waals surface area contributed by atoms with Crippen LogP contribution < -0.4 is 16.2 Å². The van der Waals surface area contributed by atoms with Crippen molar-refractivity contribution in [2.45, 2.75) is 18.9 Å². The van der Waals surface area contributed by atoms with Gasteiger partial charge in [-0.05, 0) is 18.9 Å². The zero-order valence-electron chi connectivity index (χ0n) is 9.52. The number of aromatic nitrogens is 1. The predicted octanol–water partition coefficient (Wildman–Crippen LogP) is 0.982. The van der Waals surface area contributed by atoms with Gasteiger partial charge in [-0.2, -0.15) is 0 Å². The molecule has 1 atom stereocenters. The zero-order valence-corrected chi connectivity index (χ0v) is 9.52. The average Bonchev–Trinajstić information content (AvgIpc) is 2.82. The molecule has 0 aliphatic carbocycles. The van der Waals surface area contributed by atoms with E-state index in [9.17, 15) is 0 Å². The van der Waals surface area contributed by atoms with Crippen molar-refractivity contribution >= 4 is 11.5 Å². The first kappa shape index (κ1) is 11.2. The largest absolute Gasteiger partial charge is 0.376 e. The summed E-state index contributed by atoms with van der Waals surface area (Å²) in [7, 11) is 2.05. The molecule has 1 aromatic rings. The number of rotatable bonds is 4. The van der Waals surface area contributed by atoms with E-state index in [1.165, 1.54) is 6.42 Å². The Hall–Kier alpha value is -1.33. The lowest BCUT2D eigenvalue weighted by Crippen LogP contribution is -2.28. The summed E-state index contributed by atoms with van der Waals surface area (Å²) in [6.45, 7) is 1.80. The van der Waals surface area contributed by atoms with Crippen molar-refractivity contribution in [3.63, 3.8) is 0 Å². The van der Waals surface area contributed by atoms with Gasteiger partial charge in [0.1, 0.15) is 5.82 Å². The molecule has 1 aromatic heterocycles. The van der Waals surface area contributed by atoms with Crippen LogP contribution in [0.15, 0.2) is 18.3 Å². The third-order valence-corrected chi connectivity index (χ3v) is 2.83. The van der Waals surface area contributed by atoms with Crippen LogP contribution in [0.3, 0.4) is 0 Å². The molecule has 5 nitrogen and oxygen atoms in total. The van der Waals surface area contributed by atoms with Crippen molar-refractivity contribution in [2.24, 2.45) is 5.84 Å². The molecule has 1 aliphatic heterocycles. The number of nitrogens with one attached hydrogen (secondary N) is 1. The maximum Gasteiger partial charge on any atom is 0.141 e. The lowest BCUT2D eigenvalue weighted by molar-refractivity contribution is 0.116. The van der Waals surface area contributed by atoms with E-state index in [2.05, 4.69) is 22.4 Å². The van der Waals surface area contributed by atoms with Crippen molar-refractivity contribution in [3.8, 4) is 0 Å². The second-order valence-corrected chi connectivity index (χ2v) is 4.06. The minimum atomic E-state index is 0.354. The maximum absolute atomic E-state index is 5.60. The molecule has 16 heavy (non-hydrogen) atoms. The lowest BCUT2D eigenvalue weighted by atomic mass is 10.2. The summed E-state index contributed by atoms with van der Waals surface area (Å²) in [5.41, 5.74) is 3.64. The molecule has 2 rings (SSSR count). The van der Waals surface area contributed by atoms with Crippen molar-refractivity contribution in [3.05, 3.63) is 18.3 Å². The molecule has 1 fully saturated rings. The third kappa shape index (κ3) is 2.62. The second-order valence-electron chi connectivity index (χ2n) is 4.06. The van der Waals surface area contributed by atoms with Gasteiger partial charge in [-0.1, -0.05) is 0 Å². The smallest absolute Gasteiger partial charge is 0.141 e. The fourth-order valence-corrected chi connectivity index (χ4v) is 1.93. The van der Waals surface area contributed by atoms with E-state index < -0.39 is 0 Å². The van der Waals surface area contributed by atoms with Crippen molar-refractivity contribution in [2.75, 3.05) is 30.5 Å². The molecule has 1 unspecified atom stereocenters. The van der Waals surface area contributed by atoms with Crippen LogP contribution in [0.25, 0.3) is 0 Å². The number of hydrogen-bond donors (Lipinski definition) is 2. The molecule has 0 saturated carbocycles. The second kappa shape index (κ2) is 5.14. The molecule has 3 N–H and O–H groups in total. The van der Waals surface area contributed by atoms with E-state index in [-0.39, 0.29) is 0 Å². The third-order valence-electron chi connectivity index (χ3n) is 2.83. The maximum atomic E-state index is 5.60. The number of hydrazine groups is 1. The number of pyridine rings is 1. The summed E-state index contributed by atoms with van der Waals surface area (Å²) >= 11 is 0. The van der Waals surface area contributed by atoms with Crippen molar-refractivity contribution < 1.29 is 4.74 Å². The van der Waals surface area contributed by atoms with Crippen LogP contribution >= 0.6 is 0 Å². The molecule has 2 heterocycles. The fourth-order valence-electron chi connectivity index (χ4n) is 1.93. The summed E-state index contributed by atoms with van der Waals surface area (Å²) in [6, 6.07) is 3.89. The van der Waals surface area contributed by atoms with Crippen LogP contribution in [-0.2, 0) is 4.74 Å². The van der Waals surface area contributed by atoms with Crippen LogP contribution in [0, 0.1) is 0 Å². The summed E-state index contributed by atoms with van der Waals surface area (Å²) in [5.74, 6) is 6.00. The predicted molar refractivity (Wildman–Crippen MR) is 64.3 cm³/mol. The molecule has 1 aliphatic rings. The average molecular weight is 222 g/mol. The first-order valence-electron chi connectivity index (χ1n) is 5.55. The Morgan fingerprint density at radius 2 is 2.56 bits per heavy atom. The Kier molecular flexibility index (Phi) is 3.58. The van der Waals surface area contributed by atoms with Gasteiger partial charge in [0, 0.05) is 38.1 Å². The van der Waals surface area contributed by atoms with Crippen LogP contribution in [-0.4, -0.2) is 31.3 Å². The fraction of sp³-hybridized carbons (Fsp3) is 0.545. The first-order valence-corrected chi connectivity index (χ1v) is 5.55. The van der Waals surface area contributed by atoms with Gasteiger partial charge in [0.05, 0.1) is 6.10 Å². The normalized spacial score (nSPS) is 19.8. The van der Waals surface area contributed by atoms with Crippen LogP contribution in [0.1, 0.15) is 12.8 Å². The Morgan fingerprint density at radius 3 is 3.25 bits per heavy atom. The molecule has 0 radical (unpaired) electrons. The summed E-state index contributed by atoms with van der Waals surface area (Å²) in [4.78, 5) is 6.24. The molecule has 88 valence electrons. The Labute approximate surface area is 95.6 Å². The highest BCUT2D eigenvalue weighted by molar-refractivity contribution is 5.52. The quantitative estimate of drug-likeness (QED) is 0.587. The van der Waals surface area contributed by atoms with Crippen LogP contribution in [0.2, 0.25) is 0 Å². The van der Waals surface area contributed by atoms with Gasteiger partial charge in [-0.3, -0.25) is 0 Å². The minimum Gasteiger partial charge on any atom is -0.376 e. The van der Waals surface area contributed by atoms with E-state index in [0.717, 1.165) is 25.3 Å². The topological polar surface area (TPSA) is 63.4 Å². The zero-order chi connectivity index (χ0) is 11.4. The molecule has 5 heteroatoms. The Bertz CT molecular complexity index is 339. The molecule has 0 bridgehead atoms. The van der Waals surface area contributed by atoms with E-state index in [4.69, 9.17) is 10.6 Å². The highest BCUT2D eigenvalue weighted by atomic mass is 16.5. The molecular formula is C11H18N4O. The number of likely N-dealkylation sites (N-methyl/N-ethyl adjacent to an activating group) is 1. The number of nitrogen functional groups attached to an aromatic ring is 1. The van der Waals surface area contributed by atoms with E-state index in [1.54, 1.807) is 6.20 Å². The number of ether oxygens (including phenoxy) is 1. The van der Waals surface area contributed by atoms with Gasteiger partial charge >= 0.3 is 0 Å². The van der Waals surface area contributed by atoms with Crippen LogP contribution in [0.4, 0.5) is 11.5 Å². The van der Waals surface area contributed by atoms with Crippen LogP contribution in [0.5, 0.6) is 0 Å². The van der Waals surface area contributed by atoms with Crippen molar-refractivity contribution in [1.29, 1.82) is 0 Å². The molecule has 0 aromatic carbocycles. The van der Waals surface area contributed by atoms with Gasteiger partial charge in [0.15, 0.2) is 0 Å². The van der Waals surface area contributed by atoms with Gasteiger partial charge in [0.2, 0.25) is 0 Å². The Morgan fingerprint density at radius 1 is 1.69 bits per heavy atom. The number of nitrogens with zero attached hydrogens (tertiary/aromatic N) is 2. The Balaban J connectivity index is 1.98. The van der Waals surface area contributed by atoms with Crippen molar-refractivity contribution in [1.82, 2.24) is 4.98 Å². The number of nitrogens with two attached hydrogens (primary N) is 1. The SMILES string of the molecule is CN(CC1CCCO1)c1ccnc(NN)c1.